The Kier molecular flexibility index (Phi) is 19.7. The number of Topliss-reactive ketones (excluding diaryl/α,β-unsaturated/α-hetero) is 1. The summed E-state index contributed by atoms with van der Waals surface area (Å²) in [4.78, 5) is 109. The van der Waals surface area contributed by atoms with Gasteiger partial charge in [0.1, 0.15) is 47.6 Å². The molecule has 1 saturated heterocycles. The summed E-state index contributed by atoms with van der Waals surface area (Å²) in [5.74, 6) is -1.47. The first-order valence-corrected chi connectivity index (χ1v) is 28.3. The molecule has 3 fully saturated rings. The molecule has 7 atom stereocenters. The van der Waals surface area contributed by atoms with E-state index in [0.717, 1.165) is 101 Å². The Bertz CT molecular complexity index is 2540. The van der Waals surface area contributed by atoms with Crippen molar-refractivity contribution in [1.29, 1.82) is 0 Å². The van der Waals surface area contributed by atoms with E-state index in [1.54, 1.807) is 0 Å². The number of aromatic nitrogens is 4. The van der Waals surface area contributed by atoms with E-state index in [1.807, 2.05) is 0 Å². The summed E-state index contributed by atoms with van der Waals surface area (Å²) in [6.45, 7) is 0.567. The fraction of sp³-hybridized carbons (Fsp3) is 0.659. The minimum Gasteiger partial charge on any atom is -0.790 e. The van der Waals surface area contributed by atoms with Crippen molar-refractivity contribution in [2.24, 2.45) is 10.8 Å². The number of aliphatic hydroxyl groups excluding tert-OH is 2. The fourth-order valence-corrected chi connectivity index (χ4v) is 11.3. The van der Waals surface area contributed by atoms with E-state index >= 15 is 0 Å². The molecule has 3 aliphatic rings. The number of rotatable bonds is 33. The van der Waals surface area contributed by atoms with E-state index in [4.69, 9.17) is 15.2 Å². The fourth-order valence-electron chi connectivity index (χ4n) is 8.60. The monoisotopic (exact) mass is 1090 g/mol. The second kappa shape index (κ2) is 24.7. The van der Waals surface area contributed by atoms with Gasteiger partial charge in [0.05, 0.1) is 27.4 Å². The number of aliphatic hydroxyl groups is 2. The van der Waals surface area contributed by atoms with Crippen LogP contribution >= 0.6 is 23.5 Å². The van der Waals surface area contributed by atoms with Gasteiger partial charge in [0.15, 0.2) is 17.7 Å². The summed E-state index contributed by atoms with van der Waals surface area (Å²) in [6, 6.07) is 8.70. The first-order valence-electron chi connectivity index (χ1n) is 23.9. The van der Waals surface area contributed by atoms with E-state index in [2.05, 4.69) is 67.7 Å². The van der Waals surface area contributed by atoms with Crippen molar-refractivity contribution in [2.75, 3.05) is 32.0 Å². The molecule has 0 radical (unpaired) electrons. The first-order chi connectivity index (χ1) is 34.4. The van der Waals surface area contributed by atoms with Crippen molar-refractivity contribution >= 4 is 64.5 Å². The van der Waals surface area contributed by atoms with Gasteiger partial charge in [-0.3, -0.25) is 32.9 Å². The van der Waals surface area contributed by atoms with Gasteiger partial charge in [-0.2, -0.15) is 0 Å². The summed E-state index contributed by atoms with van der Waals surface area (Å²) in [7, 11) is -17.7. The summed E-state index contributed by atoms with van der Waals surface area (Å²) in [6.07, 6.45) is 4.74. The molecule has 2 aromatic heterocycles. The lowest BCUT2D eigenvalue weighted by atomic mass is 9.87. The van der Waals surface area contributed by atoms with Gasteiger partial charge in [0, 0.05) is 36.8 Å². The summed E-state index contributed by atoms with van der Waals surface area (Å²) in [5, 5.41) is 26.6. The van der Waals surface area contributed by atoms with Crippen LogP contribution in [-0.2, 0) is 73.1 Å². The number of nitrogens with two attached hydrogens (primary N) is 1. The summed E-state index contributed by atoms with van der Waals surface area (Å²) >= 11 is 0. The lowest BCUT2D eigenvalue weighted by Crippen LogP contribution is -2.46. The highest BCUT2D eigenvalue weighted by Crippen LogP contribution is 2.57. The number of unbranched alkanes of at least 4 members (excludes halogenated alkanes) is 3. The molecule has 3 heterocycles. The van der Waals surface area contributed by atoms with Crippen LogP contribution in [0.5, 0.6) is 0 Å². The van der Waals surface area contributed by atoms with Crippen LogP contribution in [0.25, 0.3) is 11.2 Å². The Morgan fingerprint density at radius 2 is 1.53 bits per heavy atom. The first kappa shape index (κ1) is 58.2. The molecule has 7 unspecified atom stereocenters. The van der Waals surface area contributed by atoms with Gasteiger partial charge in [-0.25, -0.2) is 19.3 Å². The third-order valence-corrected chi connectivity index (χ3v) is 16.3. The molecule has 1 aromatic carbocycles. The molecule has 2 saturated carbocycles. The third kappa shape index (κ3) is 16.9. The lowest BCUT2D eigenvalue weighted by molar-refractivity contribution is -0.347. The molecule has 2 aliphatic carbocycles. The molecule has 406 valence electrons. The van der Waals surface area contributed by atoms with Crippen molar-refractivity contribution in [2.45, 2.75) is 146 Å². The maximum atomic E-state index is 13.1. The second-order valence-electron chi connectivity index (χ2n) is 19.4. The van der Waals surface area contributed by atoms with Crippen LogP contribution in [0.3, 0.4) is 0 Å². The van der Waals surface area contributed by atoms with Gasteiger partial charge in [-0.15, -0.1) is 0 Å². The number of nitrogens with one attached hydrogen (secondary N) is 2. The maximum absolute atomic E-state index is 13.1. The molecule has 3 aromatic rings. The average Bonchev–Trinajstić information content (AvgIpc) is 4.22. The van der Waals surface area contributed by atoms with Gasteiger partial charge in [-0.1, -0.05) is 51.0 Å². The molecule has 2 amide bonds. The number of ether oxygens (including phenoxy) is 2. The molecule has 0 spiro atoms. The van der Waals surface area contributed by atoms with Crippen molar-refractivity contribution < 1.29 is 90.0 Å². The van der Waals surface area contributed by atoms with E-state index in [9.17, 15) is 62.7 Å². The number of nitrogens with zero attached hydrogens (tertiary/aromatic N) is 4. The number of phosphoric ester groups is 3. The zero-order chi connectivity index (χ0) is 53.2. The van der Waals surface area contributed by atoms with Gasteiger partial charge < -0.3 is 73.8 Å². The molecule has 29 heteroatoms. The molecule has 0 bridgehead atoms. The number of anilines is 1. The molecule has 6 rings (SSSR count). The highest BCUT2D eigenvalue weighted by atomic mass is 31.3. The van der Waals surface area contributed by atoms with Crippen LogP contribution < -0.4 is 35.9 Å². The quantitative estimate of drug-likeness (QED) is 0.0320. The van der Waals surface area contributed by atoms with Crippen LogP contribution in [-0.4, -0.2) is 110 Å². The maximum Gasteiger partial charge on any atom is 0.293 e. The number of amides is 2. The van der Waals surface area contributed by atoms with Crippen LogP contribution in [0.15, 0.2) is 36.9 Å². The zero-order valence-electron chi connectivity index (χ0n) is 40.4. The minimum absolute atomic E-state index is 0.0232. The Balaban J connectivity index is 0.835. The number of fused-ring (bicyclic) bond motifs is 1. The Morgan fingerprint density at radius 1 is 0.904 bits per heavy atom. The predicted molar refractivity (Wildman–Crippen MR) is 247 cm³/mol. The Labute approximate surface area is 420 Å². The highest BCUT2D eigenvalue weighted by Gasteiger charge is 2.49. The number of ketones is 1. The minimum atomic E-state index is -5.94. The van der Waals surface area contributed by atoms with Crippen LogP contribution in [0.2, 0.25) is 0 Å². The van der Waals surface area contributed by atoms with E-state index < -0.39 is 84.6 Å². The molecule has 6 N–H and O–H groups in total. The van der Waals surface area contributed by atoms with Crippen LogP contribution in [0.1, 0.15) is 115 Å². The van der Waals surface area contributed by atoms with Gasteiger partial charge in [0.2, 0.25) is 11.8 Å². The van der Waals surface area contributed by atoms with E-state index in [0.29, 0.717) is 6.47 Å². The Morgan fingerprint density at radius 3 is 2.16 bits per heavy atom. The van der Waals surface area contributed by atoms with Gasteiger partial charge in [-0.05, 0) is 81.8 Å². The van der Waals surface area contributed by atoms with E-state index in [-0.39, 0.29) is 59.7 Å². The standard InChI is InChI=1S/C44H66N7O19P3/c1-42(2,25-67-73(63,64)70-72(61,62)66-24-31-36(69-71(58,59)60)35(55)41(68-31)51-27-50-34-38(45)48-26-49-39(34)51)37(56)40(57)47-23-15-33(54)46-22-14-32(53)43(18-19-43)16-6-3-4-8-29-10-12-30(13-11-29)9-5-7-17-44(20-21-44)65-28-52/h10-13,26-28,31,35-37,41,55-56H,3-9,14-25H2,1-2H3,(H,46,54)(H,47,57)(H,61,62)(H,63,64)(H2,45,48,49)(H2,58,59,60)/p-4. The molecule has 26 nitrogen and oxygen atoms in total. The number of phosphoric acid groups is 3. The number of hydrogen-bond donors (Lipinski definition) is 5. The SMILES string of the molecule is CC(C)(COP(=O)([O-])OP(=O)([O-])OCC1OC(n2cnc3c(N)ncnc32)C(O)C1OP(=O)([O-])[O-])C(O)C(=O)NCCC(=O)NCCC(=O)C1(CCCCCc2ccc(CCCCC3(OC=O)CC3)cc2)CC1. The predicted octanol–water partition coefficient (Wildman–Crippen LogP) is 0.838. The van der Waals surface area contributed by atoms with Crippen LogP contribution in [0, 0.1) is 10.8 Å². The number of hydrogen-bond acceptors (Lipinski definition) is 23. The van der Waals surface area contributed by atoms with Crippen molar-refractivity contribution in [3.05, 3.63) is 48.0 Å². The number of imidazole rings is 1. The number of nitrogen functional groups attached to an aromatic ring is 1. The van der Waals surface area contributed by atoms with Gasteiger partial charge >= 0.3 is 0 Å². The summed E-state index contributed by atoms with van der Waals surface area (Å²) in [5.41, 5.74) is 6.09. The smallest absolute Gasteiger partial charge is 0.293 e. The van der Waals surface area contributed by atoms with Gasteiger partial charge in [0.25, 0.3) is 22.1 Å². The molecular formula is C44H62N7O19P3-4. The van der Waals surface area contributed by atoms with Crippen molar-refractivity contribution in [3.63, 3.8) is 0 Å². The molecular weight excluding hydrogens is 1020 g/mol. The zero-order valence-corrected chi connectivity index (χ0v) is 43.1. The van der Waals surface area contributed by atoms with E-state index in [1.165, 1.54) is 25.0 Å². The molecule has 73 heavy (non-hydrogen) atoms. The largest absolute Gasteiger partial charge is 0.790 e. The Hall–Kier alpha value is -4.10. The second-order valence-corrected chi connectivity index (χ2v) is 23.5. The third-order valence-electron chi connectivity index (χ3n) is 13.3. The topological polar surface area (TPSA) is 401 Å². The average molecular weight is 1090 g/mol. The number of benzene rings is 1. The summed E-state index contributed by atoms with van der Waals surface area (Å²) < 4.78 is 66.2. The highest BCUT2D eigenvalue weighted by molar-refractivity contribution is 7.59. The number of aryl methyl sites for hydroxylation is 2. The normalized spacial score (nSPS) is 22.2. The number of carbonyl (C=O) groups is 4. The molecule has 1 aliphatic heterocycles. The van der Waals surface area contributed by atoms with Crippen LogP contribution in [0.4, 0.5) is 5.82 Å². The van der Waals surface area contributed by atoms with Crippen molar-refractivity contribution in [1.82, 2.24) is 30.2 Å². The lowest BCUT2D eigenvalue weighted by Gasteiger charge is -2.36. The number of carbonyl (C=O) groups excluding carboxylic acids is 4. The van der Waals surface area contributed by atoms with Crippen molar-refractivity contribution in [3.8, 4) is 0 Å².